The van der Waals surface area contributed by atoms with Gasteiger partial charge in [0.1, 0.15) is 22.3 Å². The number of sulfonamides is 1. The summed E-state index contributed by atoms with van der Waals surface area (Å²) in [5, 5.41) is 8.91. The summed E-state index contributed by atoms with van der Waals surface area (Å²) in [6.07, 6.45) is 0. The molecule has 20 heavy (non-hydrogen) atoms. The van der Waals surface area contributed by atoms with E-state index in [1.165, 1.54) is 17.0 Å². The molecule has 1 aliphatic rings. The first-order valence-corrected chi connectivity index (χ1v) is 7.24. The van der Waals surface area contributed by atoms with Crippen LogP contribution < -0.4 is 0 Å². The van der Waals surface area contributed by atoms with E-state index < -0.39 is 26.3 Å². The van der Waals surface area contributed by atoms with Crippen LogP contribution in [0.2, 0.25) is 0 Å². The van der Waals surface area contributed by atoms with Crippen LogP contribution in [0.1, 0.15) is 5.56 Å². The first-order valence-electron chi connectivity index (χ1n) is 5.80. The molecule has 1 aliphatic heterocycles. The Balaban J connectivity index is 2.45. The number of piperazine rings is 1. The third kappa shape index (κ3) is 2.37. The number of carbonyl (C=O) groups excluding carboxylic acids is 1. The summed E-state index contributed by atoms with van der Waals surface area (Å²) in [5.74, 6) is -1.23. The van der Waals surface area contributed by atoms with Crippen molar-refractivity contribution in [3.8, 4) is 6.07 Å². The molecular weight excluding hydrogens is 285 g/mol. The number of amides is 1. The van der Waals surface area contributed by atoms with Gasteiger partial charge in [0.25, 0.3) is 0 Å². The molecule has 1 aromatic carbocycles. The normalized spacial score (nSPS) is 17.1. The van der Waals surface area contributed by atoms with Crippen molar-refractivity contribution in [2.75, 3.05) is 26.7 Å². The number of carbonyl (C=O) groups is 1. The van der Waals surface area contributed by atoms with Crippen molar-refractivity contribution in [1.29, 1.82) is 5.26 Å². The summed E-state index contributed by atoms with van der Waals surface area (Å²) in [5.41, 5.74) is -0.529. The van der Waals surface area contributed by atoms with E-state index in [1.807, 2.05) is 0 Å². The molecule has 1 heterocycles. The minimum atomic E-state index is -4.06. The van der Waals surface area contributed by atoms with Crippen LogP contribution in [0.5, 0.6) is 0 Å². The first kappa shape index (κ1) is 14.4. The van der Waals surface area contributed by atoms with E-state index in [-0.39, 0.29) is 25.5 Å². The molecular formula is C12H12FN3O3S. The molecule has 0 unspecified atom stereocenters. The predicted octanol–water partition coefficient (Wildman–Crippen LogP) is 0.160. The van der Waals surface area contributed by atoms with E-state index >= 15 is 0 Å². The van der Waals surface area contributed by atoms with Gasteiger partial charge in [0.2, 0.25) is 15.9 Å². The zero-order valence-corrected chi connectivity index (χ0v) is 11.5. The quantitative estimate of drug-likeness (QED) is 0.778. The SMILES string of the molecule is CN1CCN(S(=O)(=O)c2cccc(F)c2C#N)CC1=O. The maximum absolute atomic E-state index is 13.5. The molecule has 0 bridgehead atoms. The summed E-state index contributed by atoms with van der Waals surface area (Å²) in [7, 11) is -2.48. The number of rotatable bonds is 2. The van der Waals surface area contributed by atoms with Gasteiger partial charge in [-0.2, -0.15) is 9.57 Å². The third-order valence-electron chi connectivity index (χ3n) is 3.13. The summed E-state index contributed by atoms with van der Waals surface area (Å²) >= 11 is 0. The second-order valence-electron chi connectivity index (χ2n) is 4.38. The zero-order valence-electron chi connectivity index (χ0n) is 10.7. The smallest absolute Gasteiger partial charge is 0.245 e. The molecule has 0 atom stereocenters. The molecule has 0 aromatic heterocycles. The standard InChI is InChI=1S/C12H12FN3O3S/c1-15-5-6-16(8-12(15)17)20(18,19)11-4-2-3-10(13)9(11)7-14/h2-4H,5-6,8H2,1H3. The average Bonchev–Trinajstić information content (AvgIpc) is 2.41. The molecule has 0 spiro atoms. The topological polar surface area (TPSA) is 81.5 Å². The summed E-state index contributed by atoms with van der Waals surface area (Å²) in [6, 6.07) is 4.96. The van der Waals surface area contributed by atoms with Crippen LogP contribution in [-0.4, -0.2) is 50.2 Å². The van der Waals surface area contributed by atoms with Gasteiger partial charge in [0.15, 0.2) is 0 Å². The van der Waals surface area contributed by atoms with Crippen molar-refractivity contribution >= 4 is 15.9 Å². The molecule has 106 valence electrons. The number of nitrogens with zero attached hydrogens (tertiary/aromatic N) is 3. The van der Waals surface area contributed by atoms with Gasteiger partial charge in [-0.05, 0) is 12.1 Å². The van der Waals surface area contributed by atoms with Crippen molar-refractivity contribution in [2.45, 2.75) is 4.90 Å². The van der Waals surface area contributed by atoms with Crippen LogP contribution >= 0.6 is 0 Å². The highest BCUT2D eigenvalue weighted by Gasteiger charge is 2.33. The molecule has 0 radical (unpaired) electrons. The van der Waals surface area contributed by atoms with E-state index in [9.17, 15) is 17.6 Å². The Morgan fingerprint density at radius 2 is 2.05 bits per heavy atom. The minimum Gasteiger partial charge on any atom is -0.343 e. The zero-order chi connectivity index (χ0) is 14.9. The Labute approximate surface area is 116 Å². The molecule has 6 nitrogen and oxygen atoms in total. The minimum absolute atomic E-state index is 0.117. The molecule has 8 heteroatoms. The van der Waals surface area contributed by atoms with Gasteiger partial charge < -0.3 is 4.90 Å². The van der Waals surface area contributed by atoms with Crippen molar-refractivity contribution in [1.82, 2.24) is 9.21 Å². The largest absolute Gasteiger partial charge is 0.343 e. The molecule has 0 N–H and O–H groups in total. The van der Waals surface area contributed by atoms with Crippen LogP contribution in [-0.2, 0) is 14.8 Å². The second-order valence-corrected chi connectivity index (χ2v) is 6.29. The Hall–Kier alpha value is -1.98. The van der Waals surface area contributed by atoms with Crippen LogP contribution in [0.25, 0.3) is 0 Å². The van der Waals surface area contributed by atoms with E-state index in [0.29, 0.717) is 0 Å². The van der Waals surface area contributed by atoms with Gasteiger partial charge in [-0.25, -0.2) is 12.8 Å². The lowest BCUT2D eigenvalue weighted by molar-refractivity contribution is -0.132. The number of hydrogen-bond donors (Lipinski definition) is 0. The van der Waals surface area contributed by atoms with Gasteiger partial charge in [0.05, 0.1) is 6.54 Å². The van der Waals surface area contributed by atoms with Crippen molar-refractivity contribution in [3.05, 3.63) is 29.6 Å². The molecule has 0 aliphatic carbocycles. The number of halogens is 1. The predicted molar refractivity (Wildman–Crippen MR) is 67.5 cm³/mol. The van der Waals surface area contributed by atoms with E-state index in [1.54, 1.807) is 13.1 Å². The van der Waals surface area contributed by atoms with Crippen LogP contribution in [0.4, 0.5) is 4.39 Å². The van der Waals surface area contributed by atoms with Crippen LogP contribution in [0.15, 0.2) is 23.1 Å². The second kappa shape index (κ2) is 5.19. The van der Waals surface area contributed by atoms with Gasteiger partial charge in [0, 0.05) is 20.1 Å². The van der Waals surface area contributed by atoms with Gasteiger partial charge in [-0.15, -0.1) is 0 Å². The molecule has 2 rings (SSSR count). The van der Waals surface area contributed by atoms with Gasteiger partial charge >= 0.3 is 0 Å². The van der Waals surface area contributed by atoms with Crippen molar-refractivity contribution in [2.24, 2.45) is 0 Å². The van der Waals surface area contributed by atoms with Gasteiger partial charge in [-0.1, -0.05) is 6.07 Å². The monoisotopic (exact) mass is 297 g/mol. The van der Waals surface area contributed by atoms with E-state index in [2.05, 4.69) is 0 Å². The molecule has 1 amide bonds. The van der Waals surface area contributed by atoms with Crippen LogP contribution in [0, 0.1) is 17.1 Å². The highest BCUT2D eigenvalue weighted by Crippen LogP contribution is 2.23. The highest BCUT2D eigenvalue weighted by atomic mass is 32.2. The fraction of sp³-hybridized carbons (Fsp3) is 0.333. The maximum Gasteiger partial charge on any atom is 0.245 e. The van der Waals surface area contributed by atoms with Crippen molar-refractivity contribution < 1.29 is 17.6 Å². The first-order chi connectivity index (χ1) is 9.37. The Kier molecular flexibility index (Phi) is 3.74. The molecule has 1 saturated heterocycles. The van der Waals surface area contributed by atoms with Gasteiger partial charge in [-0.3, -0.25) is 4.79 Å². The number of nitriles is 1. The van der Waals surface area contributed by atoms with E-state index in [0.717, 1.165) is 10.4 Å². The number of likely N-dealkylation sites (N-methyl/N-ethyl adjacent to an activating group) is 1. The molecule has 1 aromatic rings. The fourth-order valence-electron chi connectivity index (χ4n) is 1.91. The highest BCUT2D eigenvalue weighted by molar-refractivity contribution is 7.89. The summed E-state index contributed by atoms with van der Waals surface area (Å²) in [4.78, 5) is 12.6. The Morgan fingerprint density at radius 1 is 1.35 bits per heavy atom. The van der Waals surface area contributed by atoms with E-state index in [4.69, 9.17) is 5.26 Å². The van der Waals surface area contributed by atoms with Crippen LogP contribution in [0.3, 0.4) is 0 Å². The molecule has 0 saturated carbocycles. The number of hydrogen-bond acceptors (Lipinski definition) is 4. The lowest BCUT2D eigenvalue weighted by Gasteiger charge is -2.31. The summed E-state index contributed by atoms with van der Waals surface area (Å²) < 4.78 is 39.3. The molecule has 1 fully saturated rings. The average molecular weight is 297 g/mol. The fourth-order valence-corrected chi connectivity index (χ4v) is 3.44. The third-order valence-corrected chi connectivity index (χ3v) is 5.01. The summed E-state index contributed by atoms with van der Waals surface area (Å²) in [6.45, 7) is 0.0709. The lowest BCUT2D eigenvalue weighted by atomic mass is 10.2. The maximum atomic E-state index is 13.5. The lowest BCUT2D eigenvalue weighted by Crippen LogP contribution is -2.50. The Bertz CT molecular complexity index is 696. The Morgan fingerprint density at radius 3 is 2.65 bits per heavy atom. The van der Waals surface area contributed by atoms with Crippen molar-refractivity contribution in [3.63, 3.8) is 0 Å². The number of benzene rings is 1.